The van der Waals surface area contributed by atoms with Gasteiger partial charge in [0.05, 0.1) is 12.5 Å². The van der Waals surface area contributed by atoms with Crippen LogP contribution in [0.3, 0.4) is 0 Å². The van der Waals surface area contributed by atoms with Gasteiger partial charge in [0.15, 0.2) is 0 Å². The number of hydrogen-bond acceptors (Lipinski definition) is 2. The van der Waals surface area contributed by atoms with E-state index in [1.54, 1.807) is 0 Å². The first-order valence-electron chi connectivity index (χ1n) is 7.00. The lowest BCUT2D eigenvalue weighted by molar-refractivity contribution is -0.147. The van der Waals surface area contributed by atoms with Crippen LogP contribution >= 0.6 is 0 Å². The van der Waals surface area contributed by atoms with Gasteiger partial charge in [-0.05, 0) is 18.1 Å². The minimum absolute atomic E-state index is 0.0245. The van der Waals surface area contributed by atoms with Crippen molar-refractivity contribution in [2.75, 3.05) is 6.61 Å². The highest BCUT2D eigenvalue weighted by atomic mass is 16.5. The number of carbonyl (C=O) groups excluding carboxylic acids is 1. The van der Waals surface area contributed by atoms with E-state index in [1.165, 1.54) is 0 Å². The molecule has 0 amide bonds. The van der Waals surface area contributed by atoms with Crippen LogP contribution in [0.5, 0.6) is 0 Å². The fourth-order valence-electron chi connectivity index (χ4n) is 2.50. The van der Waals surface area contributed by atoms with Crippen molar-refractivity contribution >= 4 is 5.97 Å². The van der Waals surface area contributed by atoms with Crippen LogP contribution < -0.4 is 0 Å². The highest BCUT2D eigenvalue weighted by Crippen LogP contribution is 2.32. The standard InChI is InChI=1S/C18H20O2/c1-3-20-18(19)14(2)17(15-10-6-4-7-11-15)16-12-8-5-9-13-16/h4-14,17H,3H2,1-2H3/t14-/m1/s1. The minimum atomic E-state index is -0.209. The Labute approximate surface area is 120 Å². The van der Waals surface area contributed by atoms with Gasteiger partial charge in [0.25, 0.3) is 0 Å². The molecule has 2 nitrogen and oxygen atoms in total. The molecule has 0 heterocycles. The highest BCUT2D eigenvalue weighted by molar-refractivity contribution is 5.74. The van der Waals surface area contributed by atoms with Crippen LogP contribution in [-0.2, 0) is 9.53 Å². The third-order valence-corrected chi connectivity index (χ3v) is 3.48. The first-order chi connectivity index (χ1) is 9.74. The second-order valence-corrected chi connectivity index (χ2v) is 4.84. The number of rotatable bonds is 5. The first-order valence-corrected chi connectivity index (χ1v) is 7.00. The van der Waals surface area contributed by atoms with Crippen molar-refractivity contribution in [2.24, 2.45) is 5.92 Å². The molecule has 0 saturated carbocycles. The Morgan fingerprint density at radius 1 is 0.950 bits per heavy atom. The van der Waals surface area contributed by atoms with E-state index in [9.17, 15) is 4.79 Å². The Hall–Kier alpha value is -2.09. The molecular formula is C18H20O2. The number of ether oxygens (including phenoxy) is 1. The topological polar surface area (TPSA) is 26.3 Å². The molecular weight excluding hydrogens is 248 g/mol. The molecule has 20 heavy (non-hydrogen) atoms. The number of carbonyl (C=O) groups is 1. The van der Waals surface area contributed by atoms with E-state index >= 15 is 0 Å². The second-order valence-electron chi connectivity index (χ2n) is 4.84. The lowest BCUT2D eigenvalue weighted by atomic mass is 9.82. The molecule has 2 rings (SSSR count). The Balaban J connectivity index is 2.37. The smallest absolute Gasteiger partial charge is 0.309 e. The number of benzene rings is 2. The van der Waals surface area contributed by atoms with E-state index in [1.807, 2.05) is 50.2 Å². The zero-order valence-electron chi connectivity index (χ0n) is 12.0. The van der Waals surface area contributed by atoms with E-state index in [4.69, 9.17) is 4.74 Å². The zero-order valence-corrected chi connectivity index (χ0v) is 12.0. The van der Waals surface area contributed by atoms with Crippen LogP contribution in [0.25, 0.3) is 0 Å². The molecule has 2 heteroatoms. The summed E-state index contributed by atoms with van der Waals surface area (Å²) < 4.78 is 5.19. The SMILES string of the molecule is CCOC(=O)[C@H](C)C(c1ccccc1)c1ccccc1. The van der Waals surface area contributed by atoms with Gasteiger partial charge in [-0.15, -0.1) is 0 Å². The van der Waals surface area contributed by atoms with Crippen molar-refractivity contribution in [3.8, 4) is 0 Å². The second kappa shape index (κ2) is 6.90. The van der Waals surface area contributed by atoms with Crippen LogP contribution in [0.15, 0.2) is 60.7 Å². The molecule has 2 aromatic rings. The van der Waals surface area contributed by atoms with E-state index in [0.29, 0.717) is 6.61 Å². The van der Waals surface area contributed by atoms with Gasteiger partial charge >= 0.3 is 5.97 Å². The summed E-state index contributed by atoms with van der Waals surface area (Å²) in [5, 5.41) is 0. The predicted molar refractivity (Wildman–Crippen MR) is 80.5 cm³/mol. The lowest BCUT2D eigenvalue weighted by Gasteiger charge is -2.23. The molecule has 0 radical (unpaired) electrons. The quantitative estimate of drug-likeness (QED) is 0.766. The van der Waals surface area contributed by atoms with E-state index < -0.39 is 0 Å². The third kappa shape index (κ3) is 3.27. The lowest BCUT2D eigenvalue weighted by Crippen LogP contribution is -2.22. The highest BCUT2D eigenvalue weighted by Gasteiger charge is 2.27. The van der Waals surface area contributed by atoms with Gasteiger partial charge in [0.1, 0.15) is 0 Å². The van der Waals surface area contributed by atoms with Crippen LogP contribution in [0.4, 0.5) is 0 Å². The molecule has 0 unspecified atom stereocenters. The van der Waals surface area contributed by atoms with Gasteiger partial charge in [0, 0.05) is 5.92 Å². The van der Waals surface area contributed by atoms with E-state index in [2.05, 4.69) is 24.3 Å². The molecule has 0 spiro atoms. The molecule has 0 aromatic heterocycles. The van der Waals surface area contributed by atoms with E-state index in [0.717, 1.165) is 11.1 Å². The fraction of sp³-hybridized carbons (Fsp3) is 0.278. The summed E-state index contributed by atoms with van der Waals surface area (Å²) >= 11 is 0. The number of esters is 1. The summed E-state index contributed by atoms with van der Waals surface area (Å²) in [6.07, 6.45) is 0. The van der Waals surface area contributed by atoms with Crippen molar-refractivity contribution in [3.63, 3.8) is 0 Å². The summed E-state index contributed by atoms with van der Waals surface area (Å²) in [5.41, 5.74) is 2.28. The van der Waals surface area contributed by atoms with Crippen molar-refractivity contribution in [3.05, 3.63) is 71.8 Å². The predicted octanol–water partition coefficient (Wildman–Crippen LogP) is 4.02. The Morgan fingerprint density at radius 2 is 1.40 bits per heavy atom. The summed E-state index contributed by atoms with van der Waals surface area (Å²) in [5.74, 6) is -0.332. The molecule has 0 N–H and O–H groups in total. The Morgan fingerprint density at radius 3 is 1.80 bits per heavy atom. The minimum Gasteiger partial charge on any atom is -0.466 e. The van der Waals surface area contributed by atoms with Crippen molar-refractivity contribution in [1.29, 1.82) is 0 Å². The molecule has 1 atom stereocenters. The molecule has 0 bridgehead atoms. The van der Waals surface area contributed by atoms with Gasteiger partial charge in [-0.3, -0.25) is 4.79 Å². The summed E-state index contributed by atoms with van der Waals surface area (Å²) in [4.78, 5) is 12.1. The normalized spacial score (nSPS) is 12.2. The van der Waals surface area contributed by atoms with Gasteiger partial charge < -0.3 is 4.74 Å². The Bertz CT molecular complexity index is 494. The molecule has 0 aliphatic carbocycles. The maximum atomic E-state index is 12.1. The van der Waals surface area contributed by atoms with Gasteiger partial charge in [0.2, 0.25) is 0 Å². The fourth-order valence-corrected chi connectivity index (χ4v) is 2.50. The zero-order chi connectivity index (χ0) is 14.4. The molecule has 0 aliphatic heterocycles. The van der Waals surface area contributed by atoms with Crippen molar-refractivity contribution < 1.29 is 9.53 Å². The van der Waals surface area contributed by atoms with E-state index in [-0.39, 0.29) is 17.8 Å². The monoisotopic (exact) mass is 268 g/mol. The van der Waals surface area contributed by atoms with Gasteiger partial charge in [-0.25, -0.2) is 0 Å². The molecule has 0 aliphatic rings. The summed E-state index contributed by atoms with van der Waals surface area (Å²) in [6.45, 7) is 4.19. The number of hydrogen-bond donors (Lipinski definition) is 0. The van der Waals surface area contributed by atoms with Crippen LogP contribution in [0.1, 0.15) is 30.9 Å². The van der Waals surface area contributed by atoms with Crippen LogP contribution in [0.2, 0.25) is 0 Å². The largest absolute Gasteiger partial charge is 0.466 e. The van der Waals surface area contributed by atoms with Crippen molar-refractivity contribution in [2.45, 2.75) is 19.8 Å². The average molecular weight is 268 g/mol. The average Bonchev–Trinajstić information content (AvgIpc) is 2.50. The third-order valence-electron chi connectivity index (χ3n) is 3.48. The van der Waals surface area contributed by atoms with Crippen LogP contribution in [-0.4, -0.2) is 12.6 Å². The van der Waals surface area contributed by atoms with Gasteiger partial charge in [-0.2, -0.15) is 0 Å². The maximum absolute atomic E-state index is 12.1. The molecule has 2 aromatic carbocycles. The van der Waals surface area contributed by atoms with Crippen LogP contribution in [0, 0.1) is 5.92 Å². The Kier molecular flexibility index (Phi) is 4.94. The maximum Gasteiger partial charge on any atom is 0.309 e. The van der Waals surface area contributed by atoms with Gasteiger partial charge in [-0.1, -0.05) is 67.6 Å². The summed E-state index contributed by atoms with van der Waals surface area (Å²) in [7, 11) is 0. The van der Waals surface area contributed by atoms with Crippen molar-refractivity contribution in [1.82, 2.24) is 0 Å². The molecule has 0 saturated heterocycles. The first kappa shape index (κ1) is 14.3. The molecule has 104 valence electrons. The molecule has 0 fully saturated rings. The summed E-state index contributed by atoms with van der Waals surface area (Å²) in [6, 6.07) is 20.2.